The minimum absolute atomic E-state index is 0.0143. The molecule has 0 aliphatic carbocycles. The number of aromatic hydroxyl groups is 1. The Balaban J connectivity index is 1.96. The van der Waals surface area contributed by atoms with Gasteiger partial charge in [-0.15, -0.1) is 11.3 Å². The number of hydrogen-bond acceptors (Lipinski definition) is 12. The van der Waals surface area contributed by atoms with Crippen LogP contribution in [-0.2, 0) is 39.9 Å². The molecule has 0 spiro atoms. The number of carboxylic acids is 1. The van der Waals surface area contributed by atoms with Gasteiger partial charge in [0.05, 0.1) is 12.0 Å². The largest absolute Gasteiger partial charge is 0.508 e. The Morgan fingerprint density at radius 3 is 2.25 bits per heavy atom. The van der Waals surface area contributed by atoms with Crippen molar-refractivity contribution in [2.75, 3.05) is 20.3 Å². The molecule has 3 unspecified atom stereocenters. The molecule has 2 heterocycles. The highest BCUT2D eigenvalue weighted by Gasteiger charge is 2.39. The smallest absolute Gasteiger partial charge is 0.307 e. The van der Waals surface area contributed by atoms with E-state index < -0.39 is 66.6 Å². The number of phenolic OH excluding ortho intramolecular Hbond substituents is 1. The molecule has 59 heavy (non-hydrogen) atoms. The number of esters is 2. The number of ether oxygens (including phenoxy) is 2. The minimum atomic E-state index is -1.01. The Kier molecular flexibility index (Phi) is 19.3. The molecule has 7 atom stereocenters. The van der Waals surface area contributed by atoms with Gasteiger partial charge >= 0.3 is 17.9 Å². The van der Waals surface area contributed by atoms with Gasteiger partial charge in [0.25, 0.3) is 5.91 Å². The SMILES string of the molecule is CC[C@H](C)[C@H](NC(=O)[C@H]1CCCCN1C)C(=O)N(COC(=O)CC(C)C)[C@H](CC(OC(C)=O)c1nc(C(=O)NC(Cc2ccc(O)cc2)CC(C)C(=O)O)cs1)C(C)C. The predicted octanol–water partition coefficient (Wildman–Crippen LogP) is 5.71. The minimum Gasteiger partial charge on any atom is -0.508 e. The quantitative estimate of drug-likeness (QED) is 0.0832. The third-order valence-corrected chi connectivity index (χ3v) is 11.8. The van der Waals surface area contributed by atoms with Gasteiger partial charge in [-0.05, 0) is 74.7 Å². The Labute approximate surface area is 352 Å². The monoisotopic (exact) mass is 843 g/mol. The molecule has 1 aromatic carbocycles. The van der Waals surface area contributed by atoms with Crippen LogP contribution in [0.4, 0.5) is 0 Å². The number of phenols is 1. The van der Waals surface area contributed by atoms with E-state index in [0.717, 1.165) is 36.3 Å². The van der Waals surface area contributed by atoms with Crippen LogP contribution in [0.3, 0.4) is 0 Å². The van der Waals surface area contributed by atoms with E-state index in [1.54, 1.807) is 19.1 Å². The highest BCUT2D eigenvalue weighted by Crippen LogP contribution is 2.32. The number of likely N-dealkylation sites (tertiary alicyclic amines) is 1. The average molecular weight is 844 g/mol. The van der Waals surface area contributed by atoms with Crippen molar-refractivity contribution in [2.45, 2.75) is 137 Å². The molecule has 328 valence electrons. The number of amides is 3. The van der Waals surface area contributed by atoms with Gasteiger partial charge in [0, 0.05) is 37.2 Å². The van der Waals surface area contributed by atoms with Crippen LogP contribution in [0.1, 0.15) is 127 Å². The second-order valence-corrected chi connectivity index (χ2v) is 17.5. The summed E-state index contributed by atoms with van der Waals surface area (Å²) >= 11 is 1.10. The van der Waals surface area contributed by atoms with Gasteiger partial charge in [0.1, 0.15) is 22.5 Å². The number of aromatic nitrogens is 1. The third kappa shape index (κ3) is 15.2. The fraction of sp³-hybridized carbons (Fsp3) is 0.651. The van der Waals surface area contributed by atoms with Gasteiger partial charge in [0.15, 0.2) is 12.8 Å². The zero-order valence-corrected chi connectivity index (χ0v) is 36.9. The van der Waals surface area contributed by atoms with E-state index in [1.807, 2.05) is 53.5 Å². The summed E-state index contributed by atoms with van der Waals surface area (Å²) < 4.78 is 11.5. The van der Waals surface area contributed by atoms with Gasteiger partial charge in [-0.3, -0.25) is 33.7 Å². The number of carbonyl (C=O) groups is 6. The molecular weight excluding hydrogens is 779 g/mol. The maximum absolute atomic E-state index is 14.8. The first kappa shape index (κ1) is 48.8. The van der Waals surface area contributed by atoms with Crippen LogP contribution in [0.2, 0.25) is 0 Å². The fourth-order valence-corrected chi connectivity index (χ4v) is 8.03. The van der Waals surface area contributed by atoms with Crippen LogP contribution in [-0.4, -0.2) is 105 Å². The fourth-order valence-electron chi connectivity index (χ4n) is 7.19. The zero-order valence-electron chi connectivity index (χ0n) is 36.1. The van der Waals surface area contributed by atoms with Crippen LogP contribution in [0.15, 0.2) is 29.6 Å². The number of likely N-dealkylation sites (N-methyl/N-ethyl adjacent to an activating group) is 1. The molecule has 4 N–H and O–H groups in total. The van der Waals surface area contributed by atoms with E-state index in [9.17, 15) is 39.0 Å². The summed E-state index contributed by atoms with van der Waals surface area (Å²) in [5.41, 5.74) is 0.814. The van der Waals surface area contributed by atoms with Crippen molar-refractivity contribution in [3.63, 3.8) is 0 Å². The van der Waals surface area contributed by atoms with Crippen molar-refractivity contribution < 1.29 is 48.5 Å². The van der Waals surface area contributed by atoms with Crippen molar-refractivity contribution in [3.05, 3.63) is 45.9 Å². The van der Waals surface area contributed by atoms with E-state index in [0.29, 0.717) is 24.3 Å². The van der Waals surface area contributed by atoms with Crippen molar-refractivity contribution in [3.8, 4) is 5.75 Å². The summed E-state index contributed by atoms with van der Waals surface area (Å²) in [5, 5.41) is 27.1. The molecule has 3 rings (SSSR count). The molecule has 0 radical (unpaired) electrons. The maximum atomic E-state index is 14.8. The van der Waals surface area contributed by atoms with Gasteiger partial charge in [-0.25, -0.2) is 4.98 Å². The lowest BCUT2D eigenvalue weighted by atomic mass is 9.92. The number of thiazole rings is 1. The zero-order chi connectivity index (χ0) is 44.0. The second-order valence-electron chi connectivity index (χ2n) is 16.6. The van der Waals surface area contributed by atoms with Crippen LogP contribution < -0.4 is 10.6 Å². The first-order valence-electron chi connectivity index (χ1n) is 20.7. The molecular formula is C43H65N5O10S. The molecule has 1 saturated heterocycles. The van der Waals surface area contributed by atoms with Crippen LogP contribution in [0.25, 0.3) is 0 Å². The third-order valence-electron chi connectivity index (χ3n) is 10.8. The summed E-state index contributed by atoms with van der Waals surface area (Å²) in [7, 11) is 1.90. The van der Waals surface area contributed by atoms with Crippen LogP contribution in [0, 0.1) is 23.7 Å². The van der Waals surface area contributed by atoms with Gasteiger partial charge in [0.2, 0.25) is 11.8 Å². The van der Waals surface area contributed by atoms with E-state index in [4.69, 9.17) is 9.47 Å². The van der Waals surface area contributed by atoms with Crippen LogP contribution >= 0.6 is 11.3 Å². The van der Waals surface area contributed by atoms with Gasteiger partial charge in [-0.2, -0.15) is 0 Å². The molecule has 1 aromatic heterocycles. The molecule has 0 saturated carbocycles. The number of carboxylic acid groups (broad SMARTS) is 1. The predicted molar refractivity (Wildman–Crippen MR) is 223 cm³/mol. The molecule has 16 heteroatoms. The highest BCUT2D eigenvalue weighted by molar-refractivity contribution is 7.09. The number of nitrogens with zero attached hydrogens (tertiary/aromatic N) is 3. The topological polar surface area (TPSA) is 205 Å². The standard InChI is InChI=1S/C43H65N5O10S/c1-10-27(6)38(46-40(53)34-13-11-12-18-47(34)9)42(54)48(24-57-37(51)19-25(2)3)35(26(4)5)22-36(58-29(8)49)41-45-33(23-59-41)39(52)44-31(20-28(7)43(55)56)21-30-14-16-32(50)17-15-30/h14-17,23,25-28,31,34-36,38,50H,10-13,18-22,24H2,1-9H3,(H,44,52)(H,46,53)(H,55,56)/t27-,28?,31?,34+,35+,36?,38-/m0/s1. The summed E-state index contributed by atoms with van der Waals surface area (Å²) in [4.78, 5) is 87.4. The normalized spacial score (nSPS) is 17.6. The Bertz CT molecular complexity index is 1720. The Morgan fingerprint density at radius 1 is 1.00 bits per heavy atom. The summed E-state index contributed by atoms with van der Waals surface area (Å²) in [5.74, 6) is -4.54. The van der Waals surface area contributed by atoms with Crippen molar-refractivity contribution >= 4 is 47.0 Å². The second kappa shape index (κ2) is 23.3. The first-order valence-corrected chi connectivity index (χ1v) is 21.6. The Morgan fingerprint density at radius 2 is 1.68 bits per heavy atom. The number of piperidine rings is 1. The molecule has 0 bridgehead atoms. The lowest BCUT2D eigenvalue weighted by Crippen LogP contribution is -2.59. The molecule has 3 amide bonds. The number of nitrogens with one attached hydrogen (secondary N) is 2. The number of aliphatic carboxylic acids is 1. The van der Waals surface area contributed by atoms with E-state index >= 15 is 0 Å². The maximum Gasteiger partial charge on any atom is 0.307 e. The number of carbonyl (C=O) groups excluding carboxylic acids is 5. The summed E-state index contributed by atoms with van der Waals surface area (Å²) in [6, 6.07) is 3.83. The number of rotatable bonds is 22. The van der Waals surface area contributed by atoms with Gasteiger partial charge in [-0.1, -0.05) is 73.4 Å². The number of benzene rings is 1. The Hall–Kier alpha value is -4.57. The van der Waals surface area contributed by atoms with E-state index in [-0.39, 0.29) is 60.4 Å². The molecule has 1 aliphatic rings. The molecule has 1 fully saturated rings. The van der Waals surface area contributed by atoms with Gasteiger partial charge < -0.3 is 35.2 Å². The molecule has 15 nitrogen and oxygen atoms in total. The summed E-state index contributed by atoms with van der Waals surface area (Å²) in [6.45, 7) is 14.6. The highest BCUT2D eigenvalue weighted by atomic mass is 32.1. The molecule has 1 aliphatic heterocycles. The van der Waals surface area contributed by atoms with Crippen molar-refractivity contribution in [1.29, 1.82) is 0 Å². The average Bonchev–Trinajstić information content (AvgIpc) is 3.67. The van der Waals surface area contributed by atoms with Crippen LogP contribution in [0.5, 0.6) is 5.75 Å². The van der Waals surface area contributed by atoms with Crippen molar-refractivity contribution in [2.24, 2.45) is 23.7 Å². The number of hydrogen-bond donors (Lipinski definition) is 4. The van der Waals surface area contributed by atoms with E-state index in [2.05, 4.69) is 15.6 Å². The van der Waals surface area contributed by atoms with Crippen molar-refractivity contribution in [1.82, 2.24) is 25.4 Å². The first-order chi connectivity index (χ1) is 27.8. The lowest BCUT2D eigenvalue weighted by Gasteiger charge is -2.39. The summed E-state index contributed by atoms with van der Waals surface area (Å²) in [6.07, 6.45) is 2.73. The lowest BCUT2D eigenvalue weighted by molar-refractivity contribution is -0.161. The molecule has 2 aromatic rings. The van der Waals surface area contributed by atoms with E-state index in [1.165, 1.54) is 29.3 Å².